The number of aromatic nitrogens is 1. The number of piperazine rings is 1. The molecule has 0 aliphatic carbocycles. The Morgan fingerprint density at radius 3 is 2.41 bits per heavy atom. The number of carbonyl (C=O) groups is 4. The fourth-order valence-electron chi connectivity index (χ4n) is 4.87. The highest BCUT2D eigenvalue weighted by molar-refractivity contribution is 6.52. The molecule has 0 spiro atoms. The Kier molecular flexibility index (Phi) is 9.01. The first-order chi connectivity index (χ1) is 19.4. The summed E-state index contributed by atoms with van der Waals surface area (Å²) in [5, 5.41) is 1.91. The van der Waals surface area contributed by atoms with Gasteiger partial charge in [0.25, 0.3) is 11.8 Å². The monoisotopic (exact) mass is 562 g/mol. The summed E-state index contributed by atoms with van der Waals surface area (Å²) in [5.74, 6) is -1.08. The van der Waals surface area contributed by atoms with Crippen molar-refractivity contribution in [2.45, 2.75) is 59.5 Å². The first-order valence-electron chi connectivity index (χ1n) is 13.8. The molecule has 1 N–H and O–H groups in total. The van der Waals surface area contributed by atoms with Crippen LogP contribution in [0.1, 0.15) is 46.1 Å². The molecule has 2 aromatic rings. The van der Waals surface area contributed by atoms with Crippen LogP contribution in [0.5, 0.6) is 0 Å². The van der Waals surface area contributed by atoms with E-state index in [0.29, 0.717) is 38.5 Å². The minimum absolute atomic E-state index is 0.00584. The number of nitrogens with zero attached hydrogens (tertiary/aromatic N) is 4. The summed E-state index contributed by atoms with van der Waals surface area (Å²) < 4.78 is 10.2. The highest BCUT2D eigenvalue weighted by Crippen LogP contribution is 2.27. The Labute approximate surface area is 241 Å². The molecule has 3 amide bonds. The fourth-order valence-corrected chi connectivity index (χ4v) is 4.87. The zero-order chi connectivity index (χ0) is 29.9. The Bertz CT molecular complexity index is 1390. The van der Waals surface area contributed by atoms with Gasteiger partial charge >= 0.3 is 12.1 Å². The maximum Gasteiger partial charge on any atom is 0.410 e. The molecule has 3 heterocycles. The van der Waals surface area contributed by atoms with Crippen LogP contribution in [0.3, 0.4) is 0 Å². The molecule has 11 nitrogen and oxygen atoms in total. The van der Waals surface area contributed by atoms with Crippen molar-refractivity contribution in [2.24, 2.45) is 0 Å². The molecule has 0 saturated carbocycles. The minimum Gasteiger partial charge on any atom is -0.469 e. The molecule has 12 heteroatoms. The van der Waals surface area contributed by atoms with Gasteiger partial charge in [0.1, 0.15) is 18.7 Å². The molecule has 0 unspecified atom stereocenters. The predicted octanol–water partition coefficient (Wildman–Crippen LogP) is 2.63. The van der Waals surface area contributed by atoms with E-state index in [1.807, 2.05) is 59.1 Å². The smallest absolute Gasteiger partial charge is 0.410 e. The van der Waals surface area contributed by atoms with Crippen LogP contribution < -0.4 is 10.9 Å². The molecule has 1 aromatic heterocycles. The summed E-state index contributed by atoms with van der Waals surface area (Å²) in [4.78, 5) is 58.9. The topological polar surface area (TPSA) is 121 Å². The largest absolute Gasteiger partial charge is 0.469 e. The predicted molar refractivity (Wildman–Crippen MR) is 156 cm³/mol. The maximum absolute atomic E-state index is 13.1. The third-order valence-electron chi connectivity index (χ3n) is 7.14. The van der Waals surface area contributed by atoms with Crippen LogP contribution >= 0.6 is 0 Å². The van der Waals surface area contributed by atoms with E-state index in [1.165, 1.54) is 7.11 Å². The van der Waals surface area contributed by atoms with Crippen molar-refractivity contribution < 1.29 is 28.7 Å². The molecule has 217 valence electrons. The van der Waals surface area contributed by atoms with Gasteiger partial charge in [-0.25, -0.2) is 9.78 Å². The van der Waals surface area contributed by atoms with Crippen molar-refractivity contribution in [3.05, 3.63) is 41.0 Å². The zero-order valence-electron chi connectivity index (χ0n) is 24.6. The first kappa shape index (κ1) is 30.0. The summed E-state index contributed by atoms with van der Waals surface area (Å²) in [5.41, 5.74) is 5.64. The number of imide groups is 1. The Hall–Kier alpha value is -3.93. The van der Waals surface area contributed by atoms with E-state index in [-0.39, 0.29) is 30.1 Å². The lowest BCUT2D eigenvalue weighted by Crippen LogP contribution is -2.49. The number of methoxy groups -OCH3 is 1. The van der Waals surface area contributed by atoms with Crippen LogP contribution in [-0.4, -0.2) is 89.8 Å². The molecule has 1 radical (unpaired) electrons. The number of carbonyl (C=O) groups excluding carboxylic acids is 4. The summed E-state index contributed by atoms with van der Waals surface area (Å²) in [6.45, 7) is 12.1. The summed E-state index contributed by atoms with van der Waals surface area (Å²) in [6, 6.07) is 7.86. The molecule has 0 atom stereocenters. The van der Waals surface area contributed by atoms with Crippen LogP contribution in [0.25, 0.3) is 10.9 Å². The van der Waals surface area contributed by atoms with Crippen molar-refractivity contribution in [2.75, 3.05) is 38.7 Å². The van der Waals surface area contributed by atoms with E-state index in [9.17, 15) is 19.2 Å². The van der Waals surface area contributed by atoms with E-state index in [2.05, 4.69) is 15.1 Å². The van der Waals surface area contributed by atoms with Gasteiger partial charge in [-0.1, -0.05) is 24.4 Å². The molecule has 0 bridgehead atoms. The van der Waals surface area contributed by atoms with Gasteiger partial charge in [0.2, 0.25) is 0 Å². The number of hydrogen-bond donors (Lipinski definition) is 1. The lowest BCUT2D eigenvalue weighted by Gasteiger charge is -2.35. The van der Waals surface area contributed by atoms with Gasteiger partial charge in [-0.2, -0.15) is 5.01 Å². The standard InChI is InChI=1S/C29H37BN5O6/c1-18-21(9-10-25(36)40-6)27(38)35(26(18)37)32-24-15-19(22-8-7-20(30-5)16-23(22)31-24)17-33-11-13-34(14-12-33)28(39)41-29(2,3)4/h7-8,15-16H,9-14,17H2,1-6H3,(H,31,32). The van der Waals surface area contributed by atoms with Crippen molar-refractivity contribution in [3.8, 4) is 0 Å². The van der Waals surface area contributed by atoms with Crippen LogP contribution in [0, 0.1) is 0 Å². The van der Waals surface area contributed by atoms with Crippen LogP contribution in [0.4, 0.5) is 10.6 Å². The number of anilines is 1. The highest BCUT2D eigenvalue weighted by atomic mass is 16.6. The number of benzene rings is 1. The van der Waals surface area contributed by atoms with Crippen molar-refractivity contribution in [3.63, 3.8) is 0 Å². The van der Waals surface area contributed by atoms with Crippen molar-refractivity contribution in [1.82, 2.24) is 19.8 Å². The van der Waals surface area contributed by atoms with Crippen LogP contribution in [0.15, 0.2) is 35.4 Å². The molecule has 41 heavy (non-hydrogen) atoms. The van der Waals surface area contributed by atoms with E-state index in [0.717, 1.165) is 26.9 Å². The lowest BCUT2D eigenvalue weighted by atomic mass is 9.73. The molecule has 2 aliphatic heterocycles. The molecular weight excluding hydrogens is 525 g/mol. The Morgan fingerprint density at radius 2 is 1.78 bits per heavy atom. The number of fused-ring (bicyclic) bond motifs is 1. The van der Waals surface area contributed by atoms with Gasteiger partial charge in [0.15, 0.2) is 0 Å². The third-order valence-corrected chi connectivity index (χ3v) is 7.14. The van der Waals surface area contributed by atoms with E-state index < -0.39 is 23.4 Å². The second-order valence-corrected chi connectivity index (χ2v) is 11.2. The number of rotatable bonds is 8. The molecular formula is C29H37BN5O6. The fraction of sp³-hybridized carbons (Fsp3) is 0.483. The van der Waals surface area contributed by atoms with E-state index in [1.54, 1.807) is 11.8 Å². The summed E-state index contributed by atoms with van der Waals surface area (Å²) >= 11 is 0. The SMILES string of the molecule is C[B]c1ccc2c(CN3CCN(C(=O)OC(C)(C)C)CC3)cc(NN3C(=O)C(C)=C(CCC(=O)OC)C3=O)nc2c1. The number of hydrazine groups is 1. The van der Waals surface area contributed by atoms with Crippen LogP contribution in [-0.2, 0) is 30.4 Å². The zero-order valence-corrected chi connectivity index (χ0v) is 24.6. The number of nitrogens with one attached hydrogen (secondary N) is 1. The normalized spacial score (nSPS) is 16.4. The summed E-state index contributed by atoms with van der Waals surface area (Å²) in [7, 11) is 3.26. The average Bonchev–Trinajstić information content (AvgIpc) is 3.13. The number of ether oxygens (including phenoxy) is 2. The van der Waals surface area contributed by atoms with Gasteiger partial charge < -0.3 is 14.4 Å². The van der Waals surface area contributed by atoms with E-state index in [4.69, 9.17) is 9.72 Å². The number of esters is 1. The maximum atomic E-state index is 13.1. The van der Waals surface area contributed by atoms with Gasteiger partial charge in [-0.05, 0) is 51.8 Å². The van der Waals surface area contributed by atoms with Gasteiger partial charge in [-0.15, -0.1) is 0 Å². The van der Waals surface area contributed by atoms with Gasteiger partial charge in [0, 0.05) is 55.7 Å². The number of pyridine rings is 1. The lowest BCUT2D eigenvalue weighted by molar-refractivity contribution is -0.140. The average molecular weight is 562 g/mol. The molecule has 4 rings (SSSR count). The van der Waals surface area contributed by atoms with Gasteiger partial charge in [0.05, 0.1) is 12.6 Å². The minimum atomic E-state index is -0.545. The number of hydrogen-bond acceptors (Lipinski definition) is 9. The molecule has 1 saturated heterocycles. The third kappa shape index (κ3) is 7.05. The first-order valence-corrected chi connectivity index (χ1v) is 13.8. The quantitative estimate of drug-likeness (QED) is 0.294. The second-order valence-electron chi connectivity index (χ2n) is 11.2. The summed E-state index contributed by atoms with van der Waals surface area (Å²) in [6.07, 6.45) is -0.190. The Morgan fingerprint density at radius 1 is 1.07 bits per heavy atom. The molecule has 2 aliphatic rings. The van der Waals surface area contributed by atoms with Gasteiger partial charge in [-0.3, -0.25) is 24.7 Å². The number of amides is 3. The van der Waals surface area contributed by atoms with Crippen LogP contribution in [0.2, 0.25) is 6.82 Å². The molecule has 1 aromatic carbocycles. The van der Waals surface area contributed by atoms with Crippen molar-refractivity contribution >= 4 is 53.3 Å². The van der Waals surface area contributed by atoms with Crippen molar-refractivity contribution in [1.29, 1.82) is 0 Å². The Balaban J connectivity index is 1.53. The second kappa shape index (κ2) is 12.3. The molecule has 1 fully saturated rings. The highest BCUT2D eigenvalue weighted by Gasteiger charge is 2.36. The van der Waals surface area contributed by atoms with E-state index >= 15 is 0 Å².